The summed E-state index contributed by atoms with van der Waals surface area (Å²) >= 11 is 0. The van der Waals surface area contributed by atoms with Crippen molar-refractivity contribution in [2.75, 3.05) is 32.9 Å². The van der Waals surface area contributed by atoms with Crippen LogP contribution in [0.15, 0.2) is 0 Å². The van der Waals surface area contributed by atoms with Gasteiger partial charge >= 0.3 is 12.0 Å². The molecule has 2 amide bonds. The van der Waals surface area contributed by atoms with Crippen molar-refractivity contribution in [2.24, 2.45) is 5.92 Å². The Morgan fingerprint density at radius 3 is 2.28 bits per heavy atom. The third-order valence-electron chi connectivity index (χ3n) is 2.19. The van der Waals surface area contributed by atoms with Gasteiger partial charge in [0, 0.05) is 27.2 Å². The number of rotatable bonds is 7. The molecule has 0 aliphatic rings. The number of aliphatic carboxylic acids is 1. The lowest BCUT2D eigenvalue weighted by Crippen LogP contribution is -2.41. The number of amides is 2. The molecule has 0 aromatic heterocycles. The number of carboxylic acids is 1. The third kappa shape index (κ3) is 6.40. The summed E-state index contributed by atoms with van der Waals surface area (Å²) in [5.41, 5.74) is 0. The van der Waals surface area contributed by atoms with Gasteiger partial charge in [0.05, 0.1) is 11.7 Å². The number of carbonyl (C=O) groups excluding carboxylic acids is 1. The molecule has 18 heavy (non-hydrogen) atoms. The van der Waals surface area contributed by atoms with Gasteiger partial charge in [-0.3, -0.25) is 4.79 Å². The second kappa shape index (κ2) is 7.17. The molecule has 0 radical (unpaired) electrons. The first-order valence-corrected chi connectivity index (χ1v) is 6.92. The van der Waals surface area contributed by atoms with Crippen LogP contribution in [0.1, 0.15) is 6.92 Å². The maximum absolute atomic E-state index is 11.3. The number of nitrogens with zero attached hydrogens (tertiary/aromatic N) is 1. The second-order valence-electron chi connectivity index (χ2n) is 3.97. The topological polar surface area (TPSA) is 116 Å². The van der Waals surface area contributed by atoms with Gasteiger partial charge in [-0.05, 0) is 0 Å². The molecule has 0 fully saturated rings. The van der Waals surface area contributed by atoms with Gasteiger partial charge in [0.2, 0.25) is 10.0 Å². The fraction of sp³-hybridized carbons (Fsp3) is 0.778. The van der Waals surface area contributed by atoms with Gasteiger partial charge in [-0.25, -0.2) is 17.5 Å². The van der Waals surface area contributed by atoms with Crippen molar-refractivity contribution in [3.63, 3.8) is 0 Å². The number of hydrogen-bond acceptors (Lipinski definition) is 4. The molecule has 8 nitrogen and oxygen atoms in total. The lowest BCUT2D eigenvalue weighted by atomic mass is 10.2. The first-order valence-electron chi connectivity index (χ1n) is 5.31. The van der Waals surface area contributed by atoms with Crippen molar-refractivity contribution in [1.82, 2.24) is 14.9 Å². The Morgan fingerprint density at radius 1 is 1.28 bits per heavy atom. The molecule has 0 rings (SSSR count). The molecular formula is C9H19N3O5S. The van der Waals surface area contributed by atoms with Crippen LogP contribution in [-0.4, -0.2) is 62.8 Å². The standard InChI is InChI=1S/C9H19N3O5S/c1-7(8(13)14)6-11-9(15)10-4-5-18(16,17)12(2)3/h7H,4-6H2,1-3H3,(H,13,14)(H2,10,11,15). The predicted molar refractivity (Wildman–Crippen MR) is 65.7 cm³/mol. The maximum atomic E-state index is 11.3. The van der Waals surface area contributed by atoms with Crippen LogP contribution in [0.4, 0.5) is 4.79 Å². The molecule has 0 heterocycles. The van der Waals surface area contributed by atoms with E-state index < -0.39 is 27.9 Å². The molecule has 3 N–H and O–H groups in total. The van der Waals surface area contributed by atoms with Crippen molar-refractivity contribution in [3.05, 3.63) is 0 Å². The van der Waals surface area contributed by atoms with E-state index in [0.717, 1.165) is 4.31 Å². The summed E-state index contributed by atoms with van der Waals surface area (Å²) < 4.78 is 23.8. The molecule has 0 saturated heterocycles. The van der Waals surface area contributed by atoms with E-state index in [9.17, 15) is 18.0 Å². The van der Waals surface area contributed by atoms with Crippen molar-refractivity contribution < 1.29 is 23.1 Å². The molecule has 0 spiro atoms. The molecule has 0 aliphatic carbocycles. The lowest BCUT2D eigenvalue weighted by Gasteiger charge is -2.12. The highest BCUT2D eigenvalue weighted by molar-refractivity contribution is 7.89. The number of carboxylic acid groups (broad SMARTS) is 1. The predicted octanol–water partition coefficient (Wildman–Crippen LogP) is -1.10. The number of carbonyl (C=O) groups is 2. The first kappa shape index (κ1) is 16.6. The van der Waals surface area contributed by atoms with Gasteiger partial charge in [0.1, 0.15) is 0 Å². The molecule has 9 heteroatoms. The Labute approximate surface area is 106 Å². The van der Waals surface area contributed by atoms with Crippen LogP contribution in [-0.2, 0) is 14.8 Å². The zero-order chi connectivity index (χ0) is 14.3. The molecule has 0 bridgehead atoms. The monoisotopic (exact) mass is 281 g/mol. The summed E-state index contributed by atoms with van der Waals surface area (Å²) in [4.78, 5) is 21.7. The van der Waals surface area contributed by atoms with E-state index in [1.165, 1.54) is 21.0 Å². The molecular weight excluding hydrogens is 262 g/mol. The smallest absolute Gasteiger partial charge is 0.314 e. The highest BCUT2D eigenvalue weighted by Gasteiger charge is 2.14. The van der Waals surface area contributed by atoms with E-state index in [-0.39, 0.29) is 18.8 Å². The van der Waals surface area contributed by atoms with Crippen LogP contribution < -0.4 is 10.6 Å². The van der Waals surface area contributed by atoms with Gasteiger partial charge in [-0.1, -0.05) is 6.92 Å². The summed E-state index contributed by atoms with van der Waals surface area (Å²) in [6.07, 6.45) is 0. The first-order chi connectivity index (χ1) is 8.16. The van der Waals surface area contributed by atoms with Gasteiger partial charge in [0.25, 0.3) is 0 Å². The van der Waals surface area contributed by atoms with Crippen molar-refractivity contribution in [1.29, 1.82) is 0 Å². The quantitative estimate of drug-likeness (QED) is 0.547. The molecule has 0 saturated carbocycles. The van der Waals surface area contributed by atoms with Crippen molar-refractivity contribution >= 4 is 22.0 Å². The molecule has 1 unspecified atom stereocenters. The van der Waals surface area contributed by atoms with Gasteiger partial charge in [-0.2, -0.15) is 0 Å². The zero-order valence-corrected chi connectivity index (χ0v) is 11.5. The van der Waals surface area contributed by atoms with E-state index in [2.05, 4.69) is 10.6 Å². The fourth-order valence-corrected chi connectivity index (χ4v) is 1.60. The molecule has 0 aromatic rings. The summed E-state index contributed by atoms with van der Waals surface area (Å²) in [5, 5.41) is 13.3. The van der Waals surface area contributed by atoms with Crippen molar-refractivity contribution in [3.8, 4) is 0 Å². The van der Waals surface area contributed by atoms with E-state index in [4.69, 9.17) is 5.11 Å². The molecule has 0 aromatic carbocycles. The number of sulfonamides is 1. The lowest BCUT2D eigenvalue weighted by molar-refractivity contribution is -0.140. The minimum atomic E-state index is -3.34. The van der Waals surface area contributed by atoms with Crippen LogP contribution in [0.5, 0.6) is 0 Å². The minimum Gasteiger partial charge on any atom is -0.481 e. The van der Waals surface area contributed by atoms with Gasteiger partial charge in [0.15, 0.2) is 0 Å². The zero-order valence-electron chi connectivity index (χ0n) is 10.6. The number of hydrogen-bond donors (Lipinski definition) is 3. The third-order valence-corrected chi connectivity index (χ3v) is 4.03. The second-order valence-corrected chi connectivity index (χ2v) is 6.28. The number of urea groups is 1. The average molecular weight is 281 g/mol. The largest absolute Gasteiger partial charge is 0.481 e. The average Bonchev–Trinajstić information content (AvgIpc) is 2.25. The summed E-state index contributed by atoms with van der Waals surface area (Å²) in [7, 11) is -0.528. The Morgan fingerprint density at radius 2 is 1.83 bits per heavy atom. The Kier molecular flexibility index (Phi) is 6.63. The van der Waals surface area contributed by atoms with Gasteiger partial charge in [-0.15, -0.1) is 0 Å². The molecule has 1 atom stereocenters. The molecule has 0 aliphatic heterocycles. The van der Waals surface area contributed by atoms with E-state index in [1.807, 2.05) is 0 Å². The van der Waals surface area contributed by atoms with E-state index in [0.29, 0.717) is 0 Å². The Balaban J connectivity index is 3.89. The minimum absolute atomic E-state index is 0.0123. The van der Waals surface area contributed by atoms with Gasteiger partial charge < -0.3 is 15.7 Å². The SMILES string of the molecule is CC(CNC(=O)NCCS(=O)(=O)N(C)C)C(=O)O. The van der Waals surface area contributed by atoms with Crippen LogP contribution in [0.2, 0.25) is 0 Å². The fourth-order valence-electron chi connectivity index (χ4n) is 0.872. The van der Waals surface area contributed by atoms with Crippen molar-refractivity contribution in [2.45, 2.75) is 6.92 Å². The van der Waals surface area contributed by atoms with E-state index in [1.54, 1.807) is 0 Å². The Hall–Kier alpha value is -1.35. The maximum Gasteiger partial charge on any atom is 0.314 e. The van der Waals surface area contributed by atoms with Crippen LogP contribution in [0.3, 0.4) is 0 Å². The Bertz CT molecular complexity index is 393. The summed E-state index contributed by atoms with van der Waals surface area (Å²) in [6.45, 7) is 1.41. The van der Waals surface area contributed by atoms with E-state index >= 15 is 0 Å². The highest BCUT2D eigenvalue weighted by atomic mass is 32.2. The highest BCUT2D eigenvalue weighted by Crippen LogP contribution is 1.93. The van der Waals surface area contributed by atoms with Crippen LogP contribution in [0.25, 0.3) is 0 Å². The van der Waals surface area contributed by atoms with Crippen LogP contribution in [0, 0.1) is 5.92 Å². The number of nitrogens with one attached hydrogen (secondary N) is 2. The molecule has 106 valence electrons. The summed E-state index contributed by atoms with van der Waals surface area (Å²) in [5.74, 6) is -1.91. The summed E-state index contributed by atoms with van der Waals surface area (Å²) in [6, 6.07) is -0.586. The van der Waals surface area contributed by atoms with Crippen LogP contribution >= 0.6 is 0 Å². The normalized spacial score (nSPS) is 13.1.